The van der Waals surface area contributed by atoms with Crippen molar-refractivity contribution < 1.29 is 4.79 Å². The lowest BCUT2D eigenvalue weighted by Crippen LogP contribution is -2.22. The Balaban J connectivity index is 1.08. The Morgan fingerprint density at radius 3 is 2.37 bits per heavy atom. The minimum atomic E-state index is -0.0394. The second-order valence-corrected chi connectivity index (χ2v) is 11.7. The molecule has 208 valence electrons. The number of aromatic nitrogens is 3. The second-order valence-electron chi connectivity index (χ2n) is 10.9. The molecule has 41 heavy (non-hydrogen) atoms. The summed E-state index contributed by atoms with van der Waals surface area (Å²) in [6, 6.07) is 26.8. The van der Waals surface area contributed by atoms with Gasteiger partial charge in [0, 0.05) is 30.3 Å². The third kappa shape index (κ3) is 6.20. The number of fused-ring (bicyclic) bond motifs is 1. The van der Waals surface area contributed by atoms with Crippen molar-refractivity contribution in [3.05, 3.63) is 117 Å². The van der Waals surface area contributed by atoms with Crippen LogP contribution < -0.4 is 10.6 Å². The third-order valence-corrected chi connectivity index (χ3v) is 8.61. The molecule has 3 aromatic carbocycles. The van der Waals surface area contributed by atoms with Crippen LogP contribution in [-0.4, -0.2) is 20.5 Å². The standard InChI is InChI=1S/C34H34BrN5O/c1-23-7-5-6-10-29(23)31-19-32(40-33(39-31)30(35)22-38-40)36-20-24-11-13-25(14-12-24)21-37-34(41)28-17-15-27(16-18-28)26-8-3-2-4-9-26/h5-7,10-19,22,26,36H,2-4,8-9,20-21H2,1H3,(H,37,41). The van der Waals surface area contributed by atoms with Crippen LogP contribution in [0.2, 0.25) is 0 Å². The maximum atomic E-state index is 12.8. The van der Waals surface area contributed by atoms with Crippen molar-refractivity contribution in [1.29, 1.82) is 0 Å². The number of nitrogens with zero attached hydrogens (tertiary/aromatic N) is 3. The first-order valence-corrected chi connectivity index (χ1v) is 15.1. The Morgan fingerprint density at radius 1 is 0.927 bits per heavy atom. The van der Waals surface area contributed by atoms with Crippen molar-refractivity contribution in [1.82, 2.24) is 19.9 Å². The molecule has 7 heteroatoms. The molecule has 1 aliphatic carbocycles. The first-order valence-electron chi connectivity index (χ1n) is 14.4. The lowest BCUT2D eigenvalue weighted by molar-refractivity contribution is 0.0951. The average molecular weight is 609 g/mol. The fourth-order valence-corrected chi connectivity index (χ4v) is 6.00. The lowest BCUT2D eigenvalue weighted by Gasteiger charge is -2.22. The van der Waals surface area contributed by atoms with Crippen molar-refractivity contribution in [3.63, 3.8) is 0 Å². The first kappa shape index (κ1) is 27.2. The highest BCUT2D eigenvalue weighted by atomic mass is 79.9. The molecule has 5 aromatic rings. The molecule has 1 amide bonds. The van der Waals surface area contributed by atoms with Gasteiger partial charge in [0.15, 0.2) is 5.65 Å². The van der Waals surface area contributed by atoms with Gasteiger partial charge in [-0.15, -0.1) is 0 Å². The van der Waals surface area contributed by atoms with Gasteiger partial charge in [-0.05, 0) is 76.0 Å². The Hall–Kier alpha value is -3.97. The molecule has 0 atom stereocenters. The largest absolute Gasteiger partial charge is 0.366 e. The Labute approximate surface area is 249 Å². The van der Waals surface area contributed by atoms with E-state index >= 15 is 0 Å². The molecule has 0 unspecified atom stereocenters. The van der Waals surface area contributed by atoms with Crippen LogP contribution in [0.15, 0.2) is 89.5 Å². The Kier molecular flexibility index (Phi) is 8.14. The molecule has 6 nitrogen and oxygen atoms in total. The van der Waals surface area contributed by atoms with Crippen LogP contribution in [-0.2, 0) is 13.1 Å². The number of benzene rings is 3. The van der Waals surface area contributed by atoms with E-state index in [0.29, 0.717) is 24.6 Å². The lowest BCUT2D eigenvalue weighted by atomic mass is 9.84. The number of hydrogen-bond donors (Lipinski definition) is 2. The third-order valence-electron chi connectivity index (χ3n) is 8.05. The van der Waals surface area contributed by atoms with Gasteiger partial charge in [0.05, 0.1) is 16.4 Å². The SMILES string of the molecule is Cc1ccccc1-c1cc(NCc2ccc(CNC(=O)c3ccc(C4CCCCC4)cc3)cc2)n2ncc(Br)c2n1. The highest BCUT2D eigenvalue weighted by Gasteiger charge is 2.16. The minimum absolute atomic E-state index is 0.0394. The van der Waals surface area contributed by atoms with E-state index < -0.39 is 0 Å². The van der Waals surface area contributed by atoms with Gasteiger partial charge in [-0.2, -0.15) is 9.61 Å². The zero-order chi connectivity index (χ0) is 28.2. The summed E-state index contributed by atoms with van der Waals surface area (Å²) in [5.74, 6) is 1.47. The summed E-state index contributed by atoms with van der Waals surface area (Å²) >= 11 is 3.59. The highest BCUT2D eigenvalue weighted by molar-refractivity contribution is 9.10. The molecular weight excluding hydrogens is 574 g/mol. The van der Waals surface area contributed by atoms with Crippen LogP contribution in [0.5, 0.6) is 0 Å². The second kappa shape index (κ2) is 12.3. The maximum Gasteiger partial charge on any atom is 0.251 e. The minimum Gasteiger partial charge on any atom is -0.366 e. The van der Waals surface area contributed by atoms with Crippen molar-refractivity contribution >= 4 is 33.3 Å². The van der Waals surface area contributed by atoms with Crippen LogP contribution in [0.3, 0.4) is 0 Å². The van der Waals surface area contributed by atoms with Gasteiger partial charge in [-0.25, -0.2) is 4.98 Å². The van der Waals surface area contributed by atoms with Gasteiger partial charge in [-0.1, -0.05) is 79.9 Å². The van der Waals surface area contributed by atoms with Gasteiger partial charge >= 0.3 is 0 Å². The highest BCUT2D eigenvalue weighted by Crippen LogP contribution is 2.32. The maximum absolute atomic E-state index is 12.8. The van der Waals surface area contributed by atoms with Gasteiger partial charge in [-0.3, -0.25) is 4.79 Å². The number of halogens is 1. The number of nitrogens with one attached hydrogen (secondary N) is 2. The van der Waals surface area contributed by atoms with Crippen LogP contribution in [0.4, 0.5) is 5.82 Å². The van der Waals surface area contributed by atoms with Crippen molar-refractivity contribution in [2.75, 3.05) is 5.32 Å². The Morgan fingerprint density at radius 2 is 1.63 bits per heavy atom. The molecule has 0 radical (unpaired) electrons. The molecule has 0 aliphatic heterocycles. The predicted molar refractivity (Wildman–Crippen MR) is 168 cm³/mol. The molecule has 6 rings (SSSR count). The van der Waals surface area contributed by atoms with E-state index in [4.69, 9.17) is 4.98 Å². The number of hydrogen-bond acceptors (Lipinski definition) is 4. The van der Waals surface area contributed by atoms with Crippen molar-refractivity contribution in [2.45, 2.75) is 58.0 Å². The summed E-state index contributed by atoms with van der Waals surface area (Å²) < 4.78 is 2.67. The molecule has 1 aliphatic rings. The van der Waals surface area contributed by atoms with E-state index in [2.05, 4.69) is 87.1 Å². The quantitative estimate of drug-likeness (QED) is 0.187. The molecule has 1 fully saturated rings. The van der Waals surface area contributed by atoms with Gasteiger partial charge in [0.2, 0.25) is 0 Å². The number of carbonyl (C=O) groups is 1. The topological polar surface area (TPSA) is 71.3 Å². The molecule has 0 spiro atoms. The molecular formula is C34H34BrN5O. The number of aryl methyl sites for hydroxylation is 1. The van der Waals surface area contributed by atoms with E-state index in [-0.39, 0.29) is 5.91 Å². The van der Waals surface area contributed by atoms with Crippen molar-refractivity contribution in [2.24, 2.45) is 0 Å². The van der Waals surface area contributed by atoms with Crippen LogP contribution in [0.25, 0.3) is 16.9 Å². The van der Waals surface area contributed by atoms with Crippen LogP contribution >= 0.6 is 15.9 Å². The van der Waals surface area contributed by atoms with Gasteiger partial charge < -0.3 is 10.6 Å². The summed E-state index contributed by atoms with van der Waals surface area (Å²) in [6.07, 6.45) is 8.27. The van der Waals surface area contributed by atoms with Crippen molar-refractivity contribution in [3.8, 4) is 11.3 Å². The average Bonchev–Trinajstić information content (AvgIpc) is 3.40. The summed E-state index contributed by atoms with van der Waals surface area (Å²) in [5.41, 5.74) is 8.20. The van der Waals surface area contributed by atoms with Gasteiger partial charge in [0.25, 0.3) is 5.91 Å². The fourth-order valence-electron chi connectivity index (χ4n) is 5.65. The van der Waals surface area contributed by atoms with Crippen LogP contribution in [0, 0.1) is 6.92 Å². The van der Waals surface area contributed by atoms with E-state index in [9.17, 15) is 4.79 Å². The zero-order valence-corrected chi connectivity index (χ0v) is 24.8. The Bertz CT molecular complexity index is 1650. The van der Waals surface area contributed by atoms with E-state index in [0.717, 1.165) is 38.3 Å². The number of anilines is 1. The monoisotopic (exact) mass is 607 g/mol. The zero-order valence-electron chi connectivity index (χ0n) is 23.2. The summed E-state index contributed by atoms with van der Waals surface area (Å²) in [4.78, 5) is 17.6. The van der Waals surface area contributed by atoms with E-state index in [1.165, 1.54) is 43.2 Å². The number of carbonyl (C=O) groups excluding carboxylic acids is 1. The molecule has 2 aromatic heterocycles. The molecule has 1 saturated carbocycles. The predicted octanol–water partition coefficient (Wildman–Crippen LogP) is 8.06. The normalized spacial score (nSPS) is 13.8. The summed E-state index contributed by atoms with van der Waals surface area (Å²) in [7, 11) is 0. The number of rotatable bonds is 8. The molecule has 0 saturated heterocycles. The number of amides is 1. The van der Waals surface area contributed by atoms with E-state index in [1.807, 2.05) is 34.8 Å². The van der Waals surface area contributed by atoms with Gasteiger partial charge in [0.1, 0.15) is 5.82 Å². The smallest absolute Gasteiger partial charge is 0.251 e. The summed E-state index contributed by atoms with van der Waals surface area (Å²) in [6.45, 7) is 3.21. The molecule has 2 heterocycles. The van der Waals surface area contributed by atoms with E-state index in [1.54, 1.807) is 6.20 Å². The molecule has 0 bridgehead atoms. The van der Waals surface area contributed by atoms with Crippen LogP contribution in [0.1, 0.15) is 70.6 Å². The summed E-state index contributed by atoms with van der Waals surface area (Å²) in [5, 5.41) is 11.1. The fraction of sp³-hybridized carbons (Fsp3) is 0.265. The molecule has 2 N–H and O–H groups in total. The first-order chi connectivity index (χ1) is 20.0.